The number of hydrogen-bond acceptors (Lipinski definition) is 3. The first-order chi connectivity index (χ1) is 13.2. The van der Waals surface area contributed by atoms with E-state index in [1.807, 2.05) is 18.2 Å². The molecule has 0 fully saturated rings. The SMILES string of the molecule is O=[N+]([O-])c1ccc(CSc2cn(Cc3ccccc3)c3ccccc23)cc1. The summed E-state index contributed by atoms with van der Waals surface area (Å²) in [6, 6.07) is 25.6. The zero-order chi connectivity index (χ0) is 18.6. The molecule has 0 aliphatic rings. The Balaban J connectivity index is 1.57. The van der Waals surface area contributed by atoms with Crippen molar-refractivity contribution in [2.75, 3.05) is 0 Å². The number of aromatic nitrogens is 1. The number of para-hydroxylation sites is 1. The molecule has 4 nitrogen and oxygen atoms in total. The summed E-state index contributed by atoms with van der Waals surface area (Å²) in [5.41, 5.74) is 3.69. The maximum absolute atomic E-state index is 10.8. The first-order valence-corrected chi connectivity index (χ1v) is 9.67. The van der Waals surface area contributed by atoms with Crippen LogP contribution in [0.5, 0.6) is 0 Å². The molecular formula is C22H18N2O2S. The highest BCUT2D eigenvalue weighted by Crippen LogP contribution is 2.32. The maximum Gasteiger partial charge on any atom is 0.269 e. The van der Waals surface area contributed by atoms with Crippen LogP contribution in [0.25, 0.3) is 10.9 Å². The number of nitrogens with zero attached hydrogens (tertiary/aromatic N) is 2. The zero-order valence-corrected chi connectivity index (χ0v) is 15.4. The fraction of sp³-hybridized carbons (Fsp3) is 0.0909. The van der Waals surface area contributed by atoms with Gasteiger partial charge in [0.25, 0.3) is 5.69 Å². The highest BCUT2D eigenvalue weighted by molar-refractivity contribution is 7.98. The molecule has 0 atom stereocenters. The van der Waals surface area contributed by atoms with Gasteiger partial charge in [-0.15, -0.1) is 11.8 Å². The number of nitro groups is 1. The molecule has 0 saturated heterocycles. The lowest BCUT2D eigenvalue weighted by atomic mass is 10.2. The lowest BCUT2D eigenvalue weighted by Gasteiger charge is -2.05. The third-order valence-corrected chi connectivity index (χ3v) is 5.60. The molecule has 0 bridgehead atoms. The number of non-ortho nitro benzene ring substituents is 1. The molecule has 1 aromatic heterocycles. The molecule has 0 saturated carbocycles. The number of thioether (sulfide) groups is 1. The average Bonchev–Trinajstić information content (AvgIpc) is 3.05. The fourth-order valence-electron chi connectivity index (χ4n) is 3.11. The van der Waals surface area contributed by atoms with Gasteiger partial charge in [-0.25, -0.2) is 0 Å². The largest absolute Gasteiger partial charge is 0.342 e. The van der Waals surface area contributed by atoms with Crippen LogP contribution >= 0.6 is 11.8 Å². The van der Waals surface area contributed by atoms with Crippen LogP contribution < -0.4 is 0 Å². The molecule has 0 aliphatic carbocycles. The van der Waals surface area contributed by atoms with Crippen LogP contribution in [0.15, 0.2) is 90.0 Å². The van der Waals surface area contributed by atoms with Gasteiger partial charge < -0.3 is 4.57 Å². The summed E-state index contributed by atoms with van der Waals surface area (Å²) in [6.07, 6.45) is 2.20. The second kappa shape index (κ2) is 7.68. The molecule has 0 N–H and O–H groups in total. The Labute approximate surface area is 161 Å². The predicted molar refractivity (Wildman–Crippen MR) is 110 cm³/mol. The molecule has 0 radical (unpaired) electrons. The topological polar surface area (TPSA) is 48.1 Å². The molecule has 4 aromatic rings. The minimum absolute atomic E-state index is 0.128. The van der Waals surface area contributed by atoms with Gasteiger partial charge in [0.2, 0.25) is 0 Å². The molecule has 0 amide bonds. The molecule has 0 spiro atoms. The van der Waals surface area contributed by atoms with Crippen molar-refractivity contribution in [1.82, 2.24) is 4.57 Å². The van der Waals surface area contributed by atoms with Crippen molar-refractivity contribution in [3.05, 3.63) is 106 Å². The molecule has 3 aromatic carbocycles. The van der Waals surface area contributed by atoms with Gasteiger partial charge in [-0.2, -0.15) is 0 Å². The van der Waals surface area contributed by atoms with Crippen molar-refractivity contribution >= 4 is 28.4 Å². The van der Waals surface area contributed by atoms with Crippen molar-refractivity contribution in [1.29, 1.82) is 0 Å². The van der Waals surface area contributed by atoms with Crippen LogP contribution in [0, 0.1) is 10.1 Å². The summed E-state index contributed by atoms with van der Waals surface area (Å²) in [5, 5.41) is 12.0. The Morgan fingerprint density at radius 1 is 0.852 bits per heavy atom. The Morgan fingerprint density at radius 3 is 2.30 bits per heavy atom. The van der Waals surface area contributed by atoms with Crippen molar-refractivity contribution in [3.8, 4) is 0 Å². The van der Waals surface area contributed by atoms with E-state index in [9.17, 15) is 10.1 Å². The molecule has 4 rings (SSSR count). The van der Waals surface area contributed by atoms with Crippen LogP contribution in [-0.4, -0.2) is 9.49 Å². The molecule has 5 heteroatoms. The summed E-state index contributed by atoms with van der Waals surface area (Å²) >= 11 is 1.76. The molecule has 1 heterocycles. The van der Waals surface area contributed by atoms with E-state index < -0.39 is 0 Å². The van der Waals surface area contributed by atoms with E-state index in [0.717, 1.165) is 17.9 Å². The summed E-state index contributed by atoms with van der Waals surface area (Å²) in [5.74, 6) is 0.775. The molecule has 27 heavy (non-hydrogen) atoms. The first-order valence-electron chi connectivity index (χ1n) is 8.68. The predicted octanol–water partition coefficient (Wildman–Crippen LogP) is 5.89. The minimum Gasteiger partial charge on any atom is -0.342 e. The lowest BCUT2D eigenvalue weighted by molar-refractivity contribution is -0.384. The van der Waals surface area contributed by atoms with Crippen molar-refractivity contribution in [3.63, 3.8) is 0 Å². The first kappa shape index (κ1) is 17.4. The highest BCUT2D eigenvalue weighted by atomic mass is 32.2. The van der Waals surface area contributed by atoms with Gasteiger partial charge in [0, 0.05) is 46.4 Å². The molecule has 0 unspecified atom stereocenters. The number of rotatable bonds is 6. The lowest BCUT2D eigenvalue weighted by Crippen LogP contribution is -1.97. The quantitative estimate of drug-likeness (QED) is 0.240. The summed E-state index contributed by atoms with van der Waals surface area (Å²) < 4.78 is 2.28. The van der Waals surface area contributed by atoms with Crippen LogP contribution in [0.3, 0.4) is 0 Å². The third kappa shape index (κ3) is 3.88. The van der Waals surface area contributed by atoms with Crippen molar-refractivity contribution in [2.24, 2.45) is 0 Å². The maximum atomic E-state index is 10.8. The number of benzene rings is 3. The number of nitro benzene ring substituents is 1. The van der Waals surface area contributed by atoms with Gasteiger partial charge in [-0.3, -0.25) is 10.1 Å². The van der Waals surface area contributed by atoms with E-state index in [-0.39, 0.29) is 10.6 Å². The Kier molecular flexibility index (Phi) is 4.94. The van der Waals surface area contributed by atoms with E-state index in [0.29, 0.717) is 0 Å². The van der Waals surface area contributed by atoms with Crippen LogP contribution in [0.4, 0.5) is 5.69 Å². The van der Waals surface area contributed by atoms with Gasteiger partial charge in [-0.05, 0) is 17.2 Å². The third-order valence-electron chi connectivity index (χ3n) is 4.49. The second-order valence-electron chi connectivity index (χ2n) is 6.34. The number of hydrogen-bond donors (Lipinski definition) is 0. The Hall–Kier alpha value is -3.05. The van der Waals surface area contributed by atoms with Crippen LogP contribution in [0.1, 0.15) is 11.1 Å². The molecular weight excluding hydrogens is 356 g/mol. The highest BCUT2D eigenvalue weighted by Gasteiger charge is 2.10. The summed E-state index contributed by atoms with van der Waals surface area (Å²) in [4.78, 5) is 11.6. The minimum atomic E-state index is -0.367. The van der Waals surface area contributed by atoms with Gasteiger partial charge in [0.05, 0.1) is 4.92 Å². The number of fused-ring (bicyclic) bond motifs is 1. The normalized spacial score (nSPS) is 11.0. The Morgan fingerprint density at radius 2 is 1.56 bits per heavy atom. The van der Waals surface area contributed by atoms with Crippen LogP contribution in [-0.2, 0) is 12.3 Å². The van der Waals surface area contributed by atoms with E-state index >= 15 is 0 Å². The summed E-state index contributed by atoms with van der Waals surface area (Å²) in [7, 11) is 0. The van der Waals surface area contributed by atoms with E-state index in [4.69, 9.17) is 0 Å². The van der Waals surface area contributed by atoms with Crippen LogP contribution in [0.2, 0.25) is 0 Å². The van der Waals surface area contributed by atoms with E-state index in [1.54, 1.807) is 23.9 Å². The molecule has 0 aliphatic heterocycles. The van der Waals surface area contributed by atoms with E-state index in [2.05, 4.69) is 59.3 Å². The van der Waals surface area contributed by atoms with Gasteiger partial charge in [0.1, 0.15) is 0 Å². The second-order valence-corrected chi connectivity index (χ2v) is 7.35. The van der Waals surface area contributed by atoms with E-state index in [1.165, 1.54) is 21.4 Å². The smallest absolute Gasteiger partial charge is 0.269 e. The standard InChI is InChI=1S/C22H18N2O2S/c25-24(26)19-12-10-18(11-13-19)16-27-22-15-23(14-17-6-2-1-3-7-17)21-9-5-4-8-20(21)22/h1-13,15H,14,16H2. The molecule has 134 valence electrons. The van der Waals surface area contributed by atoms with Crippen molar-refractivity contribution < 1.29 is 4.92 Å². The van der Waals surface area contributed by atoms with Gasteiger partial charge in [0.15, 0.2) is 0 Å². The fourth-order valence-corrected chi connectivity index (χ4v) is 4.16. The van der Waals surface area contributed by atoms with Gasteiger partial charge in [-0.1, -0.05) is 60.7 Å². The Bertz CT molecular complexity index is 1070. The van der Waals surface area contributed by atoms with Gasteiger partial charge >= 0.3 is 0 Å². The monoisotopic (exact) mass is 374 g/mol. The summed E-state index contributed by atoms with van der Waals surface area (Å²) in [6.45, 7) is 0.833. The zero-order valence-electron chi connectivity index (χ0n) is 14.6. The van der Waals surface area contributed by atoms with Crippen molar-refractivity contribution in [2.45, 2.75) is 17.2 Å². The average molecular weight is 374 g/mol.